The molecule has 1 fully saturated rings. The summed E-state index contributed by atoms with van der Waals surface area (Å²) in [4.78, 5) is 29.0. The van der Waals surface area contributed by atoms with Crippen LogP contribution in [0.4, 0.5) is 10.8 Å². The molecule has 0 aliphatic carbocycles. The zero-order chi connectivity index (χ0) is 16.9. The van der Waals surface area contributed by atoms with E-state index in [4.69, 9.17) is 0 Å². The maximum absolute atomic E-state index is 12.0. The van der Waals surface area contributed by atoms with E-state index in [1.165, 1.54) is 37.1 Å². The van der Waals surface area contributed by atoms with Crippen LogP contribution in [0.1, 0.15) is 28.9 Å². The topological polar surface area (TPSA) is 88.4 Å². The molecule has 1 amide bonds. The number of aromatic nitrogens is 1. The number of non-ortho nitro benzene ring substituents is 1. The third-order valence-corrected chi connectivity index (χ3v) is 4.87. The number of hydrogen-bond donors (Lipinski definition) is 1. The van der Waals surface area contributed by atoms with E-state index in [-0.39, 0.29) is 11.6 Å². The summed E-state index contributed by atoms with van der Waals surface area (Å²) in [7, 11) is 0. The number of nitrogens with zero attached hydrogens (tertiary/aromatic N) is 3. The summed E-state index contributed by atoms with van der Waals surface area (Å²) in [6, 6.07) is 5.58. The van der Waals surface area contributed by atoms with Crippen molar-refractivity contribution < 1.29 is 9.72 Å². The Labute approximate surface area is 143 Å². The first-order chi connectivity index (χ1) is 11.6. The lowest BCUT2D eigenvalue weighted by molar-refractivity contribution is -0.384. The van der Waals surface area contributed by atoms with E-state index in [1.807, 2.05) is 5.38 Å². The summed E-state index contributed by atoms with van der Waals surface area (Å²) in [6.07, 6.45) is 3.11. The van der Waals surface area contributed by atoms with Gasteiger partial charge in [0.25, 0.3) is 11.6 Å². The summed E-state index contributed by atoms with van der Waals surface area (Å²) in [5.74, 6) is -0.236. The summed E-state index contributed by atoms with van der Waals surface area (Å²) in [5.41, 5.74) is 1.37. The van der Waals surface area contributed by atoms with Crippen molar-refractivity contribution >= 4 is 28.1 Å². The molecule has 1 aromatic heterocycles. The minimum absolute atomic E-state index is 0.0246. The summed E-state index contributed by atoms with van der Waals surface area (Å²) >= 11 is 1.64. The van der Waals surface area contributed by atoms with Gasteiger partial charge >= 0.3 is 0 Å². The number of nitro groups is 1. The van der Waals surface area contributed by atoms with Gasteiger partial charge in [0.05, 0.1) is 10.6 Å². The zero-order valence-corrected chi connectivity index (χ0v) is 13.9. The minimum Gasteiger partial charge on any atom is -0.352 e. The number of benzene rings is 1. The highest BCUT2D eigenvalue weighted by Crippen LogP contribution is 2.24. The molecule has 3 rings (SSSR count). The Morgan fingerprint density at radius 3 is 2.67 bits per heavy atom. The van der Waals surface area contributed by atoms with Crippen LogP contribution in [-0.4, -0.2) is 35.4 Å². The molecule has 1 aliphatic rings. The second kappa shape index (κ2) is 7.39. The van der Waals surface area contributed by atoms with Gasteiger partial charge in [0.2, 0.25) is 0 Å². The summed E-state index contributed by atoms with van der Waals surface area (Å²) < 4.78 is 0. The van der Waals surface area contributed by atoms with Crippen LogP contribution in [0.15, 0.2) is 29.6 Å². The number of anilines is 1. The Morgan fingerprint density at radius 1 is 1.29 bits per heavy atom. The van der Waals surface area contributed by atoms with Crippen molar-refractivity contribution in [2.24, 2.45) is 0 Å². The van der Waals surface area contributed by atoms with Gasteiger partial charge in [0.15, 0.2) is 5.13 Å². The van der Waals surface area contributed by atoms with Crippen molar-refractivity contribution in [1.29, 1.82) is 0 Å². The maximum Gasteiger partial charge on any atom is 0.269 e. The molecule has 8 heteroatoms. The van der Waals surface area contributed by atoms with Gasteiger partial charge in [-0.15, -0.1) is 11.3 Å². The number of thiazole rings is 1. The van der Waals surface area contributed by atoms with Crippen LogP contribution in [0.3, 0.4) is 0 Å². The van der Waals surface area contributed by atoms with Gasteiger partial charge in [-0.05, 0) is 25.0 Å². The van der Waals surface area contributed by atoms with Crippen LogP contribution in [-0.2, 0) is 6.42 Å². The minimum atomic E-state index is -0.484. The predicted molar refractivity (Wildman–Crippen MR) is 92.7 cm³/mol. The van der Waals surface area contributed by atoms with Crippen molar-refractivity contribution in [2.75, 3.05) is 24.5 Å². The Morgan fingerprint density at radius 2 is 2.00 bits per heavy atom. The van der Waals surface area contributed by atoms with Crippen molar-refractivity contribution in [3.63, 3.8) is 0 Å². The van der Waals surface area contributed by atoms with Crippen molar-refractivity contribution in [1.82, 2.24) is 10.3 Å². The average Bonchev–Trinajstić information content (AvgIpc) is 3.26. The highest BCUT2D eigenvalue weighted by Gasteiger charge is 2.15. The van der Waals surface area contributed by atoms with Gasteiger partial charge in [0, 0.05) is 49.1 Å². The van der Waals surface area contributed by atoms with E-state index in [0.29, 0.717) is 18.5 Å². The van der Waals surface area contributed by atoms with Gasteiger partial charge in [-0.2, -0.15) is 0 Å². The van der Waals surface area contributed by atoms with Crippen molar-refractivity contribution in [2.45, 2.75) is 19.3 Å². The lowest BCUT2D eigenvalue weighted by atomic mass is 10.2. The van der Waals surface area contributed by atoms with E-state index < -0.39 is 4.92 Å². The third kappa shape index (κ3) is 3.88. The van der Waals surface area contributed by atoms with E-state index in [9.17, 15) is 14.9 Å². The normalized spacial score (nSPS) is 13.9. The molecule has 0 unspecified atom stereocenters. The molecule has 1 N–H and O–H groups in total. The smallest absolute Gasteiger partial charge is 0.269 e. The van der Waals surface area contributed by atoms with E-state index in [1.54, 1.807) is 11.3 Å². The van der Waals surface area contributed by atoms with Gasteiger partial charge in [-0.25, -0.2) is 4.98 Å². The highest BCUT2D eigenvalue weighted by molar-refractivity contribution is 7.13. The second-order valence-corrected chi connectivity index (χ2v) is 6.46. The van der Waals surface area contributed by atoms with Gasteiger partial charge < -0.3 is 10.2 Å². The highest BCUT2D eigenvalue weighted by atomic mass is 32.1. The number of rotatable bonds is 6. The first-order valence-electron chi connectivity index (χ1n) is 7.85. The zero-order valence-electron chi connectivity index (χ0n) is 13.1. The molecule has 0 spiro atoms. The standard InChI is InChI=1S/C16H18N4O3S/c21-15(12-3-5-14(6-4-12)20(22)23)17-8-7-13-11-24-16(18-13)19-9-1-2-10-19/h3-6,11H,1-2,7-10H2,(H,17,21). The fraction of sp³-hybridized carbons (Fsp3) is 0.375. The van der Waals surface area contributed by atoms with Crippen LogP contribution in [0.25, 0.3) is 0 Å². The number of nitrogens with one attached hydrogen (secondary N) is 1. The molecule has 0 atom stereocenters. The molecular weight excluding hydrogens is 328 g/mol. The van der Waals surface area contributed by atoms with E-state index in [0.717, 1.165) is 23.9 Å². The van der Waals surface area contributed by atoms with E-state index >= 15 is 0 Å². The van der Waals surface area contributed by atoms with Crippen LogP contribution in [0, 0.1) is 10.1 Å². The molecule has 126 valence electrons. The number of nitro benzene ring substituents is 1. The average molecular weight is 346 g/mol. The number of carbonyl (C=O) groups is 1. The van der Waals surface area contributed by atoms with Gasteiger partial charge in [0.1, 0.15) is 0 Å². The second-order valence-electron chi connectivity index (χ2n) is 5.63. The lowest BCUT2D eigenvalue weighted by Gasteiger charge is -2.12. The van der Waals surface area contributed by atoms with Crippen LogP contribution >= 0.6 is 11.3 Å². The Hall–Kier alpha value is -2.48. The number of hydrogen-bond acceptors (Lipinski definition) is 6. The van der Waals surface area contributed by atoms with E-state index in [2.05, 4.69) is 15.2 Å². The van der Waals surface area contributed by atoms with Crippen LogP contribution in [0.2, 0.25) is 0 Å². The summed E-state index contributed by atoms with van der Waals surface area (Å²) in [6.45, 7) is 2.63. The fourth-order valence-corrected chi connectivity index (χ4v) is 3.52. The molecular formula is C16H18N4O3S. The molecule has 24 heavy (non-hydrogen) atoms. The molecule has 2 heterocycles. The molecule has 7 nitrogen and oxygen atoms in total. The van der Waals surface area contributed by atoms with Crippen LogP contribution in [0.5, 0.6) is 0 Å². The quantitative estimate of drug-likeness (QED) is 0.641. The predicted octanol–water partition coefficient (Wildman–Crippen LogP) is 2.62. The van der Waals surface area contributed by atoms with Crippen molar-refractivity contribution in [3.8, 4) is 0 Å². The Bertz CT molecular complexity index is 723. The lowest BCUT2D eigenvalue weighted by Crippen LogP contribution is -2.25. The Balaban J connectivity index is 1.48. The molecule has 1 aromatic carbocycles. The molecule has 0 saturated carbocycles. The third-order valence-electron chi connectivity index (χ3n) is 3.92. The SMILES string of the molecule is O=C(NCCc1csc(N2CCCC2)n1)c1ccc([N+](=O)[O-])cc1. The number of carbonyl (C=O) groups excluding carboxylic acids is 1. The van der Waals surface area contributed by atoms with Crippen LogP contribution < -0.4 is 10.2 Å². The fourth-order valence-electron chi connectivity index (χ4n) is 2.61. The first kappa shape index (κ1) is 16.4. The largest absolute Gasteiger partial charge is 0.352 e. The molecule has 0 bridgehead atoms. The Kier molecular flexibility index (Phi) is 5.05. The first-order valence-corrected chi connectivity index (χ1v) is 8.73. The van der Waals surface area contributed by atoms with Gasteiger partial charge in [-0.1, -0.05) is 0 Å². The monoisotopic (exact) mass is 346 g/mol. The molecule has 1 aliphatic heterocycles. The molecule has 1 saturated heterocycles. The number of amides is 1. The molecule has 0 radical (unpaired) electrons. The summed E-state index contributed by atoms with van der Waals surface area (Å²) in [5, 5.41) is 16.5. The maximum atomic E-state index is 12.0. The van der Waals surface area contributed by atoms with Crippen molar-refractivity contribution in [3.05, 3.63) is 51.0 Å². The molecule has 2 aromatic rings. The van der Waals surface area contributed by atoms with Gasteiger partial charge in [-0.3, -0.25) is 14.9 Å².